The number of aromatic nitrogens is 1. The minimum Gasteiger partial charge on any atom is -0.324 e. The first-order valence-corrected chi connectivity index (χ1v) is 8.99. The normalized spacial score (nSPS) is 13.3. The van der Waals surface area contributed by atoms with Crippen molar-refractivity contribution in [3.8, 4) is 0 Å². The van der Waals surface area contributed by atoms with Crippen LogP contribution in [0, 0.1) is 6.92 Å². The van der Waals surface area contributed by atoms with Gasteiger partial charge in [-0.2, -0.15) is 0 Å². The van der Waals surface area contributed by atoms with Gasteiger partial charge in [0.05, 0.1) is 11.4 Å². The third-order valence-electron chi connectivity index (χ3n) is 3.12. The van der Waals surface area contributed by atoms with Gasteiger partial charge in [0.25, 0.3) is 0 Å². The van der Waals surface area contributed by atoms with Crippen LogP contribution in [0.4, 0.5) is 0 Å². The number of rotatable bonds is 6. The first-order valence-electron chi connectivity index (χ1n) is 6.69. The molecule has 21 heavy (non-hydrogen) atoms. The van der Waals surface area contributed by atoms with E-state index in [4.69, 9.17) is 5.73 Å². The smallest absolute Gasteiger partial charge is 0.240 e. The van der Waals surface area contributed by atoms with E-state index in [1.54, 1.807) is 24.4 Å². The van der Waals surface area contributed by atoms with Crippen LogP contribution in [0.5, 0.6) is 0 Å². The zero-order valence-corrected chi connectivity index (χ0v) is 13.7. The summed E-state index contributed by atoms with van der Waals surface area (Å²) in [4.78, 5) is 5.43. The summed E-state index contributed by atoms with van der Waals surface area (Å²) in [5.74, 6) is 0. The zero-order chi connectivity index (χ0) is 15.5. The molecule has 1 aromatic heterocycles. The highest BCUT2D eigenvalue weighted by atomic mass is 32.2. The Bertz CT molecular complexity index is 711. The fourth-order valence-corrected chi connectivity index (χ4v) is 3.73. The molecule has 1 unspecified atom stereocenters. The molecule has 0 saturated heterocycles. The molecular weight excluding hydrogens is 306 g/mol. The van der Waals surface area contributed by atoms with Gasteiger partial charge in [-0.25, -0.2) is 18.1 Å². The molecule has 3 N–H and O–H groups in total. The highest BCUT2D eigenvalue weighted by Gasteiger charge is 2.16. The van der Waals surface area contributed by atoms with Crippen molar-refractivity contribution in [2.45, 2.75) is 37.8 Å². The van der Waals surface area contributed by atoms with Crippen LogP contribution in [0.25, 0.3) is 0 Å². The largest absolute Gasteiger partial charge is 0.324 e. The number of nitrogens with one attached hydrogen (secondary N) is 1. The average molecular weight is 325 g/mol. The van der Waals surface area contributed by atoms with Crippen molar-refractivity contribution in [2.24, 2.45) is 5.73 Å². The van der Waals surface area contributed by atoms with Crippen LogP contribution in [0.2, 0.25) is 0 Å². The summed E-state index contributed by atoms with van der Waals surface area (Å²) >= 11 is 1.48. The lowest BCUT2D eigenvalue weighted by Gasteiger charge is -2.11. The second-order valence-electron chi connectivity index (χ2n) is 4.78. The van der Waals surface area contributed by atoms with E-state index in [2.05, 4.69) is 9.71 Å². The summed E-state index contributed by atoms with van der Waals surface area (Å²) in [6.07, 6.45) is 2.49. The topological polar surface area (TPSA) is 85.1 Å². The predicted octanol–water partition coefficient (Wildman–Crippen LogP) is 2.34. The molecule has 0 aliphatic heterocycles. The molecule has 0 amide bonds. The summed E-state index contributed by atoms with van der Waals surface area (Å²) in [7, 11) is -3.55. The van der Waals surface area contributed by atoms with Crippen molar-refractivity contribution in [2.75, 3.05) is 0 Å². The van der Waals surface area contributed by atoms with Gasteiger partial charge in [0, 0.05) is 17.1 Å². The van der Waals surface area contributed by atoms with Crippen LogP contribution in [0.1, 0.15) is 34.8 Å². The molecule has 7 heteroatoms. The van der Waals surface area contributed by atoms with Gasteiger partial charge in [0.2, 0.25) is 10.0 Å². The van der Waals surface area contributed by atoms with Crippen molar-refractivity contribution in [3.05, 3.63) is 45.9 Å². The fraction of sp³-hybridized carbons (Fsp3) is 0.357. The lowest BCUT2D eigenvalue weighted by Crippen LogP contribution is -2.23. The standard InChI is InChI=1S/C14H19N3O2S2/c1-3-13(15)11-5-4-6-12(7-11)21(18,19)17-9-14-16-8-10(2)20-14/h4-8,13,17H,3,9,15H2,1-2H3. The molecule has 0 spiro atoms. The van der Waals surface area contributed by atoms with Crippen LogP contribution in [-0.4, -0.2) is 13.4 Å². The van der Waals surface area contributed by atoms with E-state index in [0.717, 1.165) is 21.9 Å². The number of benzene rings is 1. The number of hydrogen-bond donors (Lipinski definition) is 2. The van der Waals surface area contributed by atoms with E-state index in [0.29, 0.717) is 0 Å². The van der Waals surface area contributed by atoms with E-state index in [-0.39, 0.29) is 17.5 Å². The SMILES string of the molecule is CCC(N)c1cccc(S(=O)(=O)NCc2ncc(C)s2)c1. The van der Waals surface area contributed by atoms with Crippen LogP contribution in [-0.2, 0) is 16.6 Å². The maximum absolute atomic E-state index is 12.3. The Morgan fingerprint density at radius 3 is 2.81 bits per heavy atom. The Morgan fingerprint density at radius 2 is 2.19 bits per heavy atom. The Labute approximate surface area is 129 Å². The van der Waals surface area contributed by atoms with E-state index in [1.807, 2.05) is 19.9 Å². The van der Waals surface area contributed by atoms with Crippen LogP contribution < -0.4 is 10.5 Å². The Morgan fingerprint density at radius 1 is 1.43 bits per heavy atom. The maximum atomic E-state index is 12.3. The summed E-state index contributed by atoms with van der Waals surface area (Å²) in [5.41, 5.74) is 6.78. The van der Waals surface area contributed by atoms with E-state index < -0.39 is 10.0 Å². The second kappa shape index (κ2) is 6.65. The Kier molecular flexibility index (Phi) is 5.10. The molecule has 1 atom stereocenters. The minimum atomic E-state index is -3.55. The van der Waals surface area contributed by atoms with Crippen LogP contribution in [0.3, 0.4) is 0 Å². The maximum Gasteiger partial charge on any atom is 0.240 e. The molecule has 0 aliphatic rings. The van der Waals surface area contributed by atoms with Gasteiger partial charge >= 0.3 is 0 Å². The van der Waals surface area contributed by atoms with E-state index in [9.17, 15) is 8.42 Å². The molecule has 5 nitrogen and oxygen atoms in total. The monoisotopic (exact) mass is 325 g/mol. The highest BCUT2D eigenvalue weighted by molar-refractivity contribution is 7.89. The van der Waals surface area contributed by atoms with Gasteiger partial charge in [-0.05, 0) is 31.0 Å². The fourth-order valence-electron chi connectivity index (χ4n) is 1.87. The first kappa shape index (κ1) is 16.1. The average Bonchev–Trinajstić information content (AvgIpc) is 2.90. The molecule has 0 fully saturated rings. The summed E-state index contributed by atoms with van der Waals surface area (Å²) in [6.45, 7) is 4.10. The number of thiazole rings is 1. The van der Waals surface area contributed by atoms with Gasteiger partial charge in [-0.3, -0.25) is 0 Å². The lowest BCUT2D eigenvalue weighted by molar-refractivity contribution is 0.580. The number of hydrogen-bond acceptors (Lipinski definition) is 5. The van der Waals surface area contributed by atoms with Gasteiger partial charge in [-0.15, -0.1) is 11.3 Å². The van der Waals surface area contributed by atoms with Gasteiger partial charge in [0.1, 0.15) is 5.01 Å². The van der Waals surface area contributed by atoms with Crippen LogP contribution >= 0.6 is 11.3 Å². The van der Waals surface area contributed by atoms with Crippen molar-refractivity contribution >= 4 is 21.4 Å². The molecule has 2 aromatic rings. The van der Waals surface area contributed by atoms with E-state index in [1.165, 1.54) is 11.3 Å². The molecule has 1 aromatic carbocycles. The number of nitrogens with two attached hydrogens (primary N) is 1. The summed E-state index contributed by atoms with van der Waals surface area (Å²) < 4.78 is 27.2. The molecule has 0 radical (unpaired) electrons. The molecule has 0 bridgehead atoms. The third-order valence-corrected chi connectivity index (χ3v) is 5.43. The van der Waals surface area contributed by atoms with E-state index >= 15 is 0 Å². The predicted molar refractivity (Wildman–Crippen MR) is 84.5 cm³/mol. The van der Waals surface area contributed by atoms with Gasteiger partial charge in [-0.1, -0.05) is 19.1 Å². The van der Waals surface area contributed by atoms with Crippen molar-refractivity contribution < 1.29 is 8.42 Å². The molecule has 114 valence electrons. The van der Waals surface area contributed by atoms with Crippen molar-refractivity contribution in [3.63, 3.8) is 0 Å². The Balaban J connectivity index is 2.15. The van der Waals surface area contributed by atoms with Crippen LogP contribution in [0.15, 0.2) is 35.4 Å². The number of aryl methyl sites for hydroxylation is 1. The second-order valence-corrected chi connectivity index (χ2v) is 7.86. The van der Waals surface area contributed by atoms with Gasteiger partial charge in [0.15, 0.2) is 0 Å². The molecule has 2 rings (SSSR count). The first-order chi connectivity index (χ1) is 9.92. The Hall–Kier alpha value is -1.28. The third kappa shape index (κ3) is 4.10. The summed E-state index contributed by atoms with van der Waals surface area (Å²) in [5, 5.41) is 0.748. The van der Waals surface area contributed by atoms with Crippen molar-refractivity contribution in [1.82, 2.24) is 9.71 Å². The quantitative estimate of drug-likeness (QED) is 0.853. The van der Waals surface area contributed by atoms with Crippen molar-refractivity contribution in [1.29, 1.82) is 0 Å². The highest BCUT2D eigenvalue weighted by Crippen LogP contribution is 2.19. The molecule has 0 aliphatic carbocycles. The molecular formula is C14H19N3O2S2. The minimum absolute atomic E-state index is 0.151. The lowest BCUT2D eigenvalue weighted by atomic mass is 10.1. The molecule has 0 saturated carbocycles. The zero-order valence-electron chi connectivity index (χ0n) is 12.0. The number of nitrogens with zero attached hydrogens (tertiary/aromatic N) is 1. The summed E-state index contributed by atoms with van der Waals surface area (Å²) in [6, 6.07) is 6.61. The molecule has 1 heterocycles. The number of sulfonamides is 1. The van der Waals surface area contributed by atoms with Gasteiger partial charge < -0.3 is 5.73 Å².